The smallest absolute Gasteiger partial charge is 0.325 e. The monoisotopic (exact) mass is 314 g/mol. The molecular formula is C14H16F2N2O4. The summed E-state index contributed by atoms with van der Waals surface area (Å²) in [6.45, 7) is 1.12. The predicted octanol–water partition coefficient (Wildman–Crippen LogP) is 0.955. The lowest BCUT2D eigenvalue weighted by molar-refractivity contribution is -0.133. The lowest BCUT2D eigenvalue weighted by atomic mass is 10.0. The molecule has 0 aliphatic carbocycles. The van der Waals surface area contributed by atoms with Crippen LogP contribution in [0.25, 0.3) is 0 Å². The van der Waals surface area contributed by atoms with Crippen molar-refractivity contribution in [3.8, 4) is 0 Å². The number of carbonyl (C=O) groups excluding carboxylic acids is 2. The van der Waals surface area contributed by atoms with Gasteiger partial charge in [0.25, 0.3) is 5.91 Å². The van der Waals surface area contributed by atoms with E-state index >= 15 is 0 Å². The van der Waals surface area contributed by atoms with Crippen LogP contribution in [-0.2, 0) is 9.53 Å². The van der Waals surface area contributed by atoms with Crippen molar-refractivity contribution in [1.29, 1.82) is 0 Å². The molecule has 0 unspecified atom stereocenters. The van der Waals surface area contributed by atoms with Crippen LogP contribution in [0.3, 0.4) is 0 Å². The van der Waals surface area contributed by atoms with E-state index in [1.165, 1.54) is 20.1 Å². The molecule has 1 aromatic rings. The van der Waals surface area contributed by atoms with Gasteiger partial charge in [0.15, 0.2) is 11.6 Å². The number of β-amino-alcohol motifs (C(OH)–C–C–N with tert-alkyl or cyclic N) is 1. The molecule has 1 aliphatic rings. The molecule has 22 heavy (non-hydrogen) atoms. The van der Waals surface area contributed by atoms with Gasteiger partial charge in [-0.15, -0.1) is 0 Å². The van der Waals surface area contributed by atoms with Crippen molar-refractivity contribution in [1.82, 2.24) is 10.2 Å². The Morgan fingerprint density at radius 3 is 2.64 bits per heavy atom. The third-order valence-electron chi connectivity index (χ3n) is 3.46. The first-order valence-corrected chi connectivity index (χ1v) is 6.54. The number of halogens is 2. The summed E-state index contributed by atoms with van der Waals surface area (Å²) >= 11 is 0. The molecule has 8 heteroatoms. The van der Waals surface area contributed by atoms with Crippen molar-refractivity contribution in [2.45, 2.75) is 18.6 Å². The summed E-state index contributed by atoms with van der Waals surface area (Å²) in [7, 11) is 1.39. The van der Waals surface area contributed by atoms with E-state index in [1.807, 2.05) is 0 Å². The van der Waals surface area contributed by atoms with E-state index in [9.17, 15) is 23.5 Å². The molecule has 120 valence electrons. The summed E-state index contributed by atoms with van der Waals surface area (Å²) in [4.78, 5) is 24.9. The van der Waals surface area contributed by atoms with Crippen molar-refractivity contribution in [3.05, 3.63) is 35.4 Å². The number of nitrogens with one attached hydrogen (secondary N) is 1. The summed E-state index contributed by atoms with van der Waals surface area (Å²) in [6.07, 6.45) is -1.32. The number of hydrogen-bond acceptors (Lipinski definition) is 4. The van der Waals surface area contributed by atoms with Gasteiger partial charge >= 0.3 is 6.03 Å². The van der Waals surface area contributed by atoms with Gasteiger partial charge in [-0.3, -0.25) is 9.69 Å². The molecule has 2 N–H and O–H groups in total. The molecule has 2 atom stereocenters. The molecule has 0 bridgehead atoms. The van der Waals surface area contributed by atoms with E-state index < -0.39 is 35.2 Å². The molecule has 0 saturated carbocycles. The molecule has 2 rings (SSSR count). The van der Waals surface area contributed by atoms with Crippen LogP contribution in [0, 0.1) is 11.6 Å². The minimum Gasteiger partial charge on any atom is -0.387 e. The second-order valence-electron chi connectivity index (χ2n) is 5.30. The third-order valence-corrected chi connectivity index (χ3v) is 3.46. The van der Waals surface area contributed by atoms with Crippen LogP contribution in [-0.4, -0.2) is 47.7 Å². The van der Waals surface area contributed by atoms with Crippen molar-refractivity contribution < 1.29 is 28.2 Å². The maximum atomic E-state index is 13.2. The number of aliphatic hydroxyl groups excluding tert-OH is 1. The van der Waals surface area contributed by atoms with Crippen LogP contribution in [0.1, 0.15) is 18.6 Å². The Labute approximate surface area is 125 Å². The number of carbonyl (C=O) groups is 2. The minimum atomic E-state index is -1.32. The Morgan fingerprint density at radius 1 is 1.36 bits per heavy atom. The van der Waals surface area contributed by atoms with Crippen LogP contribution in [0.5, 0.6) is 0 Å². The van der Waals surface area contributed by atoms with Gasteiger partial charge in [0.05, 0.1) is 19.3 Å². The topological polar surface area (TPSA) is 78.9 Å². The second kappa shape index (κ2) is 5.98. The highest BCUT2D eigenvalue weighted by molar-refractivity contribution is 6.06. The Hall–Kier alpha value is -2.06. The van der Waals surface area contributed by atoms with E-state index in [0.717, 1.165) is 17.0 Å². The van der Waals surface area contributed by atoms with Crippen molar-refractivity contribution in [2.24, 2.45) is 0 Å². The molecule has 1 heterocycles. The van der Waals surface area contributed by atoms with Crippen molar-refractivity contribution >= 4 is 11.9 Å². The molecule has 0 radical (unpaired) electrons. The van der Waals surface area contributed by atoms with E-state index in [4.69, 9.17) is 4.74 Å². The van der Waals surface area contributed by atoms with E-state index in [2.05, 4.69) is 5.32 Å². The highest BCUT2D eigenvalue weighted by atomic mass is 19.2. The number of imide groups is 1. The maximum absolute atomic E-state index is 13.2. The summed E-state index contributed by atoms with van der Waals surface area (Å²) in [5, 5.41) is 12.5. The maximum Gasteiger partial charge on any atom is 0.325 e. The Morgan fingerprint density at radius 2 is 2.05 bits per heavy atom. The average Bonchev–Trinajstić information content (AvgIpc) is 2.65. The quantitative estimate of drug-likeness (QED) is 0.793. The van der Waals surface area contributed by atoms with Gasteiger partial charge in [0.2, 0.25) is 0 Å². The standard InChI is InChI=1S/C14H16F2N2O4/c1-14(7-22-2)12(20)18(13(21)17-14)6-11(19)8-3-4-9(15)10(16)5-8/h3-5,11,19H,6-7H2,1-2H3,(H,17,21)/t11-,14+/m0/s1. The Balaban J connectivity index is 2.14. The lowest BCUT2D eigenvalue weighted by Crippen LogP contribution is -2.48. The fraction of sp³-hybridized carbons (Fsp3) is 0.429. The fourth-order valence-electron chi connectivity index (χ4n) is 2.30. The normalized spacial score (nSPS) is 22.9. The van der Waals surface area contributed by atoms with Crippen LogP contribution in [0.4, 0.5) is 13.6 Å². The lowest BCUT2D eigenvalue weighted by Gasteiger charge is -2.21. The van der Waals surface area contributed by atoms with Gasteiger partial charge in [0.1, 0.15) is 5.54 Å². The largest absolute Gasteiger partial charge is 0.387 e. The molecule has 0 spiro atoms. The van der Waals surface area contributed by atoms with Crippen molar-refractivity contribution in [3.63, 3.8) is 0 Å². The number of methoxy groups -OCH3 is 1. The zero-order valence-corrected chi connectivity index (χ0v) is 12.1. The molecule has 6 nitrogen and oxygen atoms in total. The zero-order valence-electron chi connectivity index (χ0n) is 12.1. The zero-order chi connectivity index (χ0) is 16.5. The SMILES string of the molecule is COC[C@@]1(C)NC(=O)N(C[C@H](O)c2ccc(F)c(F)c2)C1=O. The number of nitrogens with zero attached hydrogens (tertiary/aromatic N) is 1. The van der Waals surface area contributed by atoms with Crippen LogP contribution >= 0.6 is 0 Å². The molecule has 3 amide bonds. The Bertz CT molecular complexity index is 611. The van der Waals surface area contributed by atoms with Gasteiger partial charge < -0.3 is 15.2 Å². The van der Waals surface area contributed by atoms with Gasteiger partial charge in [-0.1, -0.05) is 6.07 Å². The number of rotatable bonds is 5. The fourth-order valence-corrected chi connectivity index (χ4v) is 2.30. The van der Waals surface area contributed by atoms with Crippen LogP contribution in [0.15, 0.2) is 18.2 Å². The highest BCUT2D eigenvalue weighted by Gasteiger charge is 2.48. The van der Waals surface area contributed by atoms with Crippen LogP contribution < -0.4 is 5.32 Å². The first-order valence-electron chi connectivity index (χ1n) is 6.54. The highest BCUT2D eigenvalue weighted by Crippen LogP contribution is 2.23. The number of aliphatic hydroxyl groups is 1. The predicted molar refractivity (Wildman–Crippen MR) is 71.8 cm³/mol. The van der Waals surface area contributed by atoms with Crippen LogP contribution in [0.2, 0.25) is 0 Å². The van der Waals surface area contributed by atoms with Gasteiger partial charge in [-0.25, -0.2) is 13.6 Å². The summed E-state index contributed by atoms with van der Waals surface area (Å²) in [5.41, 5.74) is -1.14. The second-order valence-corrected chi connectivity index (χ2v) is 5.30. The molecule has 1 saturated heterocycles. The summed E-state index contributed by atoms with van der Waals surface area (Å²) in [6, 6.07) is 2.21. The Kier molecular flexibility index (Phi) is 4.43. The van der Waals surface area contributed by atoms with Crippen molar-refractivity contribution in [2.75, 3.05) is 20.3 Å². The first kappa shape index (κ1) is 16.3. The van der Waals surface area contributed by atoms with Gasteiger partial charge in [-0.05, 0) is 24.6 Å². The summed E-state index contributed by atoms with van der Waals surface area (Å²) in [5.74, 6) is -2.71. The minimum absolute atomic E-state index is 0.0185. The number of urea groups is 1. The average molecular weight is 314 g/mol. The molecule has 1 fully saturated rings. The van der Waals surface area contributed by atoms with E-state index in [1.54, 1.807) is 0 Å². The van der Waals surface area contributed by atoms with E-state index in [-0.39, 0.29) is 18.7 Å². The van der Waals surface area contributed by atoms with Gasteiger partial charge in [-0.2, -0.15) is 0 Å². The third kappa shape index (κ3) is 2.93. The molecular weight excluding hydrogens is 298 g/mol. The van der Waals surface area contributed by atoms with E-state index in [0.29, 0.717) is 0 Å². The number of ether oxygens (including phenoxy) is 1. The molecule has 1 aromatic carbocycles. The number of hydrogen-bond donors (Lipinski definition) is 2. The summed E-state index contributed by atoms with van der Waals surface area (Å²) < 4.78 is 30.9. The number of amides is 3. The molecule has 0 aromatic heterocycles. The van der Waals surface area contributed by atoms with Gasteiger partial charge in [0, 0.05) is 7.11 Å². The first-order chi connectivity index (χ1) is 10.3. The molecule has 1 aliphatic heterocycles. The number of benzene rings is 1.